The zero-order valence-electron chi connectivity index (χ0n) is 9.62. The van der Waals surface area contributed by atoms with Crippen LogP contribution in [0.4, 0.5) is 0 Å². The van der Waals surface area contributed by atoms with Crippen molar-refractivity contribution < 1.29 is 5.11 Å². The number of nitrogens with zero attached hydrogens (tertiary/aromatic N) is 1. The molecule has 3 heteroatoms. The highest BCUT2D eigenvalue weighted by atomic mass is 16.3. The summed E-state index contributed by atoms with van der Waals surface area (Å²) in [5.41, 5.74) is 0. The Morgan fingerprint density at radius 1 is 1.27 bits per heavy atom. The Morgan fingerprint density at radius 2 is 2.13 bits per heavy atom. The van der Waals surface area contributed by atoms with Crippen LogP contribution in [0.25, 0.3) is 0 Å². The summed E-state index contributed by atoms with van der Waals surface area (Å²) in [6, 6.07) is 0.935. The topological polar surface area (TPSA) is 35.5 Å². The van der Waals surface area contributed by atoms with Gasteiger partial charge in [0.2, 0.25) is 0 Å². The van der Waals surface area contributed by atoms with Crippen LogP contribution in [-0.4, -0.2) is 48.8 Å². The predicted molar refractivity (Wildman–Crippen MR) is 61.9 cm³/mol. The Hall–Kier alpha value is -0.120. The number of aliphatic hydroxyl groups excluding tert-OH is 1. The fourth-order valence-electron chi connectivity index (χ4n) is 2.55. The number of nitrogens with one attached hydrogen (secondary N) is 1. The second-order valence-corrected chi connectivity index (χ2v) is 5.02. The van der Waals surface area contributed by atoms with Crippen molar-refractivity contribution in [1.82, 2.24) is 10.2 Å². The minimum absolute atomic E-state index is 0.311. The Balaban J connectivity index is 1.59. The molecule has 2 N–H and O–H groups in total. The van der Waals surface area contributed by atoms with Crippen LogP contribution >= 0.6 is 0 Å². The van der Waals surface area contributed by atoms with Gasteiger partial charge in [0.1, 0.15) is 0 Å². The van der Waals surface area contributed by atoms with Crippen molar-refractivity contribution in [3.63, 3.8) is 0 Å². The lowest BCUT2D eigenvalue weighted by Crippen LogP contribution is -2.40. The quantitative estimate of drug-likeness (QED) is 0.640. The standard InChI is InChI=1S/C12H24N2O/c15-8-2-6-13-9-11-3-1-7-14(10-11)12-4-5-12/h11-13,15H,1-10H2. The van der Waals surface area contributed by atoms with Crippen molar-refractivity contribution in [2.24, 2.45) is 5.92 Å². The molecule has 0 aromatic heterocycles. The molecule has 0 bridgehead atoms. The first-order chi connectivity index (χ1) is 7.40. The molecule has 2 fully saturated rings. The summed E-state index contributed by atoms with van der Waals surface area (Å²) < 4.78 is 0. The van der Waals surface area contributed by atoms with Crippen LogP contribution in [0.1, 0.15) is 32.1 Å². The van der Waals surface area contributed by atoms with E-state index in [4.69, 9.17) is 5.11 Å². The van der Waals surface area contributed by atoms with Gasteiger partial charge in [0, 0.05) is 19.2 Å². The molecule has 1 heterocycles. The normalized spacial score (nSPS) is 28.2. The second-order valence-electron chi connectivity index (χ2n) is 5.02. The van der Waals surface area contributed by atoms with E-state index in [2.05, 4.69) is 10.2 Å². The number of aliphatic hydroxyl groups is 1. The Morgan fingerprint density at radius 3 is 2.87 bits per heavy atom. The molecule has 1 saturated heterocycles. The van der Waals surface area contributed by atoms with Crippen LogP contribution in [0.5, 0.6) is 0 Å². The summed E-state index contributed by atoms with van der Waals surface area (Å²) >= 11 is 0. The lowest BCUT2D eigenvalue weighted by atomic mass is 9.98. The minimum atomic E-state index is 0.311. The van der Waals surface area contributed by atoms with Crippen molar-refractivity contribution >= 4 is 0 Å². The summed E-state index contributed by atoms with van der Waals surface area (Å²) in [4.78, 5) is 2.68. The van der Waals surface area contributed by atoms with Crippen molar-refractivity contribution in [2.45, 2.75) is 38.1 Å². The Kier molecular flexibility index (Phi) is 4.42. The third kappa shape index (κ3) is 3.74. The van der Waals surface area contributed by atoms with Gasteiger partial charge in [-0.15, -0.1) is 0 Å². The van der Waals surface area contributed by atoms with Crippen molar-refractivity contribution in [3.05, 3.63) is 0 Å². The molecule has 1 saturated carbocycles. The van der Waals surface area contributed by atoms with Gasteiger partial charge in [0.25, 0.3) is 0 Å². The van der Waals surface area contributed by atoms with Gasteiger partial charge in [-0.25, -0.2) is 0 Å². The van der Waals surface area contributed by atoms with Crippen molar-refractivity contribution in [2.75, 3.05) is 32.8 Å². The third-order valence-corrected chi connectivity index (χ3v) is 3.56. The lowest BCUT2D eigenvalue weighted by molar-refractivity contribution is 0.164. The summed E-state index contributed by atoms with van der Waals surface area (Å²) in [6.45, 7) is 5.06. The van der Waals surface area contributed by atoms with E-state index in [1.807, 2.05) is 0 Å². The Bertz CT molecular complexity index is 182. The maximum absolute atomic E-state index is 8.68. The molecule has 15 heavy (non-hydrogen) atoms. The van der Waals surface area contributed by atoms with E-state index in [1.165, 1.54) is 38.8 Å². The average molecular weight is 212 g/mol. The molecule has 0 aromatic rings. The molecule has 2 rings (SSSR count). The van der Waals surface area contributed by atoms with Gasteiger partial charge in [0.05, 0.1) is 0 Å². The molecule has 2 aliphatic rings. The van der Waals surface area contributed by atoms with Crippen LogP contribution < -0.4 is 5.32 Å². The summed E-state index contributed by atoms with van der Waals surface area (Å²) in [7, 11) is 0. The van der Waals surface area contributed by atoms with E-state index >= 15 is 0 Å². The Labute approximate surface area is 92.8 Å². The van der Waals surface area contributed by atoms with E-state index in [1.54, 1.807) is 0 Å². The van der Waals surface area contributed by atoms with Crippen LogP contribution in [0.2, 0.25) is 0 Å². The van der Waals surface area contributed by atoms with Gasteiger partial charge in [-0.3, -0.25) is 0 Å². The van der Waals surface area contributed by atoms with E-state index in [0.717, 1.165) is 31.5 Å². The van der Waals surface area contributed by atoms with Gasteiger partial charge >= 0.3 is 0 Å². The first-order valence-corrected chi connectivity index (χ1v) is 6.46. The largest absolute Gasteiger partial charge is 0.396 e. The molecule has 0 radical (unpaired) electrons. The molecule has 0 amide bonds. The number of hydrogen-bond acceptors (Lipinski definition) is 3. The highest BCUT2D eigenvalue weighted by Crippen LogP contribution is 2.30. The number of rotatable bonds is 6. The van der Waals surface area contributed by atoms with E-state index in [9.17, 15) is 0 Å². The van der Waals surface area contributed by atoms with E-state index in [0.29, 0.717) is 6.61 Å². The molecule has 88 valence electrons. The molecule has 1 aliphatic heterocycles. The lowest BCUT2D eigenvalue weighted by Gasteiger charge is -2.32. The van der Waals surface area contributed by atoms with Crippen LogP contribution in [-0.2, 0) is 0 Å². The number of likely N-dealkylation sites (tertiary alicyclic amines) is 1. The molecule has 0 aromatic carbocycles. The molecule has 0 spiro atoms. The molecule has 1 unspecified atom stereocenters. The van der Waals surface area contributed by atoms with Crippen LogP contribution in [0, 0.1) is 5.92 Å². The first-order valence-electron chi connectivity index (χ1n) is 6.46. The average Bonchev–Trinajstić information content (AvgIpc) is 3.09. The van der Waals surface area contributed by atoms with E-state index in [-0.39, 0.29) is 0 Å². The molecule has 1 atom stereocenters. The molecule has 3 nitrogen and oxygen atoms in total. The van der Waals surface area contributed by atoms with Crippen LogP contribution in [0.3, 0.4) is 0 Å². The van der Waals surface area contributed by atoms with Gasteiger partial charge in [-0.2, -0.15) is 0 Å². The maximum atomic E-state index is 8.68. The fourth-order valence-corrected chi connectivity index (χ4v) is 2.55. The SMILES string of the molecule is OCCCNCC1CCCN(C2CC2)C1. The van der Waals surface area contributed by atoms with Crippen LogP contribution in [0.15, 0.2) is 0 Å². The summed E-state index contributed by atoms with van der Waals surface area (Å²) in [5, 5.41) is 12.1. The van der Waals surface area contributed by atoms with Gasteiger partial charge in [-0.05, 0) is 57.7 Å². The highest BCUT2D eigenvalue weighted by molar-refractivity contribution is 4.88. The molecular formula is C12H24N2O. The predicted octanol–water partition coefficient (Wildman–Crippen LogP) is 0.833. The fraction of sp³-hybridized carbons (Fsp3) is 1.00. The third-order valence-electron chi connectivity index (χ3n) is 3.56. The zero-order valence-corrected chi connectivity index (χ0v) is 9.62. The van der Waals surface area contributed by atoms with Gasteiger partial charge in [-0.1, -0.05) is 0 Å². The summed E-state index contributed by atoms with van der Waals surface area (Å²) in [6.07, 6.45) is 6.52. The van der Waals surface area contributed by atoms with Gasteiger partial charge in [0.15, 0.2) is 0 Å². The molecule has 1 aliphatic carbocycles. The van der Waals surface area contributed by atoms with Crippen molar-refractivity contribution in [3.8, 4) is 0 Å². The monoisotopic (exact) mass is 212 g/mol. The highest BCUT2D eigenvalue weighted by Gasteiger charge is 2.32. The maximum Gasteiger partial charge on any atom is 0.0443 e. The second kappa shape index (κ2) is 5.83. The first kappa shape index (κ1) is 11.4. The van der Waals surface area contributed by atoms with Gasteiger partial charge < -0.3 is 15.3 Å². The van der Waals surface area contributed by atoms with E-state index < -0.39 is 0 Å². The zero-order chi connectivity index (χ0) is 10.5. The minimum Gasteiger partial charge on any atom is -0.396 e. The molecular weight excluding hydrogens is 188 g/mol. The summed E-state index contributed by atoms with van der Waals surface area (Å²) in [5.74, 6) is 0.845. The smallest absolute Gasteiger partial charge is 0.0443 e. The number of piperidine rings is 1. The number of hydrogen-bond donors (Lipinski definition) is 2. The van der Waals surface area contributed by atoms with Crippen molar-refractivity contribution in [1.29, 1.82) is 0 Å².